The largest absolute Gasteiger partial charge is 0.288 e. The molecule has 33 heavy (non-hydrogen) atoms. The van der Waals surface area contributed by atoms with E-state index in [0.717, 1.165) is 16.8 Å². The Morgan fingerprint density at radius 3 is 1.82 bits per heavy atom. The maximum absolute atomic E-state index is 12.9. The molecule has 0 atom stereocenters. The predicted octanol–water partition coefficient (Wildman–Crippen LogP) is 7.12. The van der Waals surface area contributed by atoms with E-state index in [9.17, 15) is 13.2 Å². The van der Waals surface area contributed by atoms with Crippen LogP contribution in [0.4, 0.5) is 5.69 Å². The van der Waals surface area contributed by atoms with Gasteiger partial charge in [-0.1, -0.05) is 70.9 Å². The summed E-state index contributed by atoms with van der Waals surface area (Å²) in [5, 5.41) is 0. The van der Waals surface area contributed by atoms with Gasteiger partial charge in [0, 0.05) is 23.0 Å². The van der Waals surface area contributed by atoms with E-state index in [0.29, 0.717) is 5.56 Å². The lowest BCUT2D eigenvalue weighted by Crippen LogP contribution is -2.16. The summed E-state index contributed by atoms with van der Waals surface area (Å²) in [4.78, 5) is 17.2. The minimum absolute atomic E-state index is 0.143. The van der Waals surface area contributed by atoms with Gasteiger partial charge in [0.15, 0.2) is 5.78 Å². The first-order chi connectivity index (χ1) is 15.8. The second-order valence-corrected chi connectivity index (χ2v) is 8.17. The molecular weight excluding hydrogens is 432 g/mol. The van der Waals surface area contributed by atoms with Gasteiger partial charge in [0.05, 0.1) is 10.6 Å². The van der Waals surface area contributed by atoms with E-state index in [1.165, 1.54) is 18.3 Å². The molecule has 0 radical (unpaired) electrons. The molecule has 0 aliphatic carbocycles. The lowest BCUT2D eigenvalue weighted by atomic mass is 10.0. The molecule has 0 saturated heterocycles. The Hall–Kier alpha value is -2.99. The number of pyridine rings is 1. The molecule has 3 aromatic rings. The summed E-state index contributed by atoms with van der Waals surface area (Å²) in [7, 11) is -3.81. The maximum Gasteiger partial charge on any atom is 0.261 e. The third kappa shape index (κ3) is 8.81. The van der Waals surface area contributed by atoms with Gasteiger partial charge in [0.2, 0.25) is 0 Å². The van der Waals surface area contributed by atoms with Gasteiger partial charge in [-0.15, -0.1) is 0 Å². The van der Waals surface area contributed by atoms with Gasteiger partial charge in [0.1, 0.15) is 0 Å². The van der Waals surface area contributed by atoms with Gasteiger partial charge >= 0.3 is 0 Å². The van der Waals surface area contributed by atoms with Crippen molar-refractivity contribution in [3.05, 3.63) is 88.7 Å². The van der Waals surface area contributed by atoms with Crippen LogP contribution in [0.25, 0.3) is 0 Å². The second-order valence-electron chi connectivity index (χ2n) is 6.48. The van der Waals surface area contributed by atoms with Gasteiger partial charge < -0.3 is 0 Å². The average Bonchev–Trinajstić information content (AvgIpc) is 2.84. The molecule has 3 rings (SSSR count). The third-order valence-corrected chi connectivity index (χ3v) is 5.55. The molecule has 2 aromatic carbocycles. The summed E-state index contributed by atoms with van der Waals surface area (Å²) in [5.41, 5.74) is 3.56. The number of anilines is 1. The smallest absolute Gasteiger partial charge is 0.261 e. The van der Waals surface area contributed by atoms with Crippen molar-refractivity contribution in [3.8, 4) is 0 Å². The fraction of sp³-hybridized carbons (Fsp3) is 0.333. The molecule has 1 N–H and O–H groups in total. The monoisotopic (exact) mass is 470 g/mol. The van der Waals surface area contributed by atoms with Crippen molar-refractivity contribution in [1.29, 1.82) is 0 Å². The number of hydrogen-bond acceptors (Lipinski definition) is 4. The van der Waals surface area contributed by atoms with E-state index in [2.05, 4.69) is 9.71 Å². The van der Waals surface area contributed by atoms with E-state index >= 15 is 0 Å². The van der Waals surface area contributed by atoms with Crippen LogP contribution in [0.2, 0.25) is 0 Å². The van der Waals surface area contributed by atoms with Crippen molar-refractivity contribution in [1.82, 2.24) is 4.98 Å². The fourth-order valence-corrected chi connectivity index (χ4v) is 3.69. The topological polar surface area (TPSA) is 76.1 Å². The quantitative estimate of drug-likeness (QED) is 0.403. The minimum Gasteiger partial charge on any atom is -0.288 e. The standard InChI is InChI=1S/C21H20N2O3S.3C2H6/c1-14-4-9-18(10-5-14)27(25,26)23-20-11-6-15(2)12-19(20)21(24)17-8-7-16(3)22-13-17;3*1-2/h4-13,23H,1-3H3;3*1-2H3. The molecule has 6 heteroatoms. The minimum atomic E-state index is -3.81. The zero-order chi connectivity index (χ0) is 25.6. The van der Waals surface area contributed by atoms with Crippen molar-refractivity contribution in [2.45, 2.75) is 67.2 Å². The first kappa shape index (κ1) is 30.0. The number of benzene rings is 2. The highest BCUT2D eigenvalue weighted by molar-refractivity contribution is 7.92. The van der Waals surface area contributed by atoms with Crippen LogP contribution >= 0.6 is 0 Å². The Balaban J connectivity index is 0.00000158. The van der Waals surface area contributed by atoms with Crippen LogP contribution in [0.5, 0.6) is 0 Å². The number of carbonyl (C=O) groups is 1. The molecule has 1 aromatic heterocycles. The van der Waals surface area contributed by atoms with Crippen LogP contribution in [0, 0.1) is 20.8 Å². The lowest BCUT2D eigenvalue weighted by Gasteiger charge is -2.13. The Labute approximate surface area is 200 Å². The molecule has 0 amide bonds. The molecule has 0 aliphatic rings. The summed E-state index contributed by atoms with van der Waals surface area (Å²) in [6.45, 7) is 17.6. The van der Waals surface area contributed by atoms with E-state index in [1.807, 2.05) is 62.3 Å². The zero-order valence-corrected chi connectivity index (χ0v) is 22.2. The highest BCUT2D eigenvalue weighted by Gasteiger charge is 2.20. The molecular formula is C27H38N2O3S. The SMILES string of the molecule is CC.CC.CC.Cc1ccc(S(=O)(=O)Nc2ccc(C)cc2C(=O)c2ccc(C)nc2)cc1. The molecule has 0 bridgehead atoms. The molecule has 180 valence electrons. The molecule has 0 aliphatic heterocycles. The molecule has 0 unspecified atom stereocenters. The van der Waals surface area contributed by atoms with Gasteiger partial charge in [-0.25, -0.2) is 8.42 Å². The summed E-state index contributed by atoms with van der Waals surface area (Å²) in [6, 6.07) is 15.0. The predicted molar refractivity (Wildman–Crippen MR) is 140 cm³/mol. The van der Waals surface area contributed by atoms with Gasteiger partial charge in [-0.05, 0) is 57.2 Å². The fourth-order valence-electron chi connectivity index (χ4n) is 2.61. The first-order valence-electron chi connectivity index (χ1n) is 11.4. The Morgan fingerprint density at radius 2 is 1.30 bits per heavy atom. The number of sulfonamides is 1. The second kappa shape index (κ2) is 15.0. The molecule has 0 fully saturated rings. The van der Waals surface area contributed by atoms with Crippen molar-refractivity contribution in [3.63, 3.8) is 0 Å². The number of nitrogens with one attached hydrogen (secondary N) is 1. The number of rotatable bonds is 5. The molecule has 0 spiro atoms. The molecule has 1 heterocycles. The molecule has 5 nitrogen and oxygen atoms in total. The number of aromatic nitrogens is 1. The van der Waals surface area contributed by atoms with Crippen molar-refractivity contribution in [2.75, 3.05) is 4.72 Å². The van der Waals surface area contributed by atoms with Crippen LogP contribution in [0.1, 0.15) is 74.3 Å². The third-order valence-electron chi connectivity index (χ3n) is 4.17. The summed E-state index contributed by atoms with van der Waals surface area (Å²) in [6.07, 6.45) is 1.50. The first-order valence-corrected chi connectivity index (χ1v) is 12.9. The van der Waals surface area contributed by atoms with Crippen LogP contribution in [-0.2, 0) is 10.0 Å². The van der Waals surface area contributed by atoms with Crippen LogP contribution < -0.4 is 4.72 Å². The highest BCUT2D eigenvalue weighted by atomic mass is 32.2. The molecule has 0 saturated carbocycles. The summed E-state index contributed by atoms with van der Waals surface area (Å²) in [5.74, 6) is -0.284. The van der Waals surface area contributed by atoms with Gasteiger partial charge in [-0.3, -0.25) is 14.5 Å². The van der Waals surface area contributed by atoms with Crippen molar-refractivity contribution >= 4 is 21.5 Å². The normalized spacial score (nSPS) is 9.73. The van der Waals surface area contributed by atoms with Crippen molar-refractivity contribution in [2.24, 2.45) is 0 Å². The lowest BCUT2D eigenvalue weighted by molar-refractivity contribution is 0.103. The zero-order valence-electron chi connectivity index (χ0n) is 21.4. The maximum atomic E-state index is 12.9. The number of aryl methyl sites for hydroxylation is 3. The Morgan fingerprint density at radius 1 is 0.758 bits per heavy atom. The number of nitrogens with zero attached hydrogens (tertiary/aromatic N) is 1. The number of carbonyl (C=O) groups excluding carboxylic acids is 1. The summed E-state index contributed by atoms with van der Waals surface area (Å²) >= 11 is 0. The van der Waals surface area contributed by atoms with Crippen LogP contribution in [0.3, 0.4) is 0 Å². The van der Waals surface area contributed by atoms with E-state index in [-0.39, 0.29) is 21.9 Å². The summed E-state index contributed by atoms with van der Waals surface area (Å²) < 4.78 is 28.0. The van der Waals surface area contributed by atoms with Gasteiger partial charge in [0.25, 0.3) is 10.0 Å². The van der Waals surface area contributed by atoms with E-state index in [4.69, 9.17) is 0 Å². The van der Waals surface area contributed by atoms with E-state index < -0.39 is 10.0 Å². The van der Waals surface area contributed by atoms with Crippen LogP contribution in [-0.4, -0.2) is 19.2 Å². The van der Waals surface area contributed by atoms with E-state index in [1.54, 1.807) is 42.5 Å². The Kier molecular flexibility index (Phi) is 13.6. The Bertz CT molecular complexity index is 1090. The van der Waals surface area contributed by atoms with Gasteiger partial charge in [-0.2, -0.15) is 0 Å². The number of hydrogen-bond donors (Lipinski definition) is 1. The highest BCUT2D eigenvalue weighted by Crippen LogP contribution is 2.24. The number of ketones is 1. The average molecular weight is 471 g/mol. The van der Waals surface area contributed by atoms with Crippen LogP contribution in [0.15, 0.2) is 65.7 Å². The van der Waals surface area contributed by atoms with Crippen molar-refractivity contribution < 1.29 is 13.2 Å².